The molecule has 0 amide bonds. The van der Waals surface area contributed by atoms with E-state index in [2.05, 4.69) is 0 Å². The summed E-state index contributed by atoms with van der Waals surface area (Å²) in [5, 5.41) is 0. The van der Waals surface area contributed by atoms with Gasteiger partial charge in [-0.1, -0.05) is 0 Å². The van der Waals surface area contributed by atoms with Gasteiger partial charge in [-0.05, 0) is 0 Å². The molecule has 0 unspecified atom stereocenters. The van der Waals surface area contributed by atoms with Crippen LogP contribution in [0, 0.1) is 77.3 Å². The second-order valence-corrected chi connectivity index (χ2v) is 0. The quantitative estimate of drug-likeness (QED) is 0.581. The van der Waals surface area contributed by atoms with Gasteiger partial charge in [-0.3, -0.25) is 4.70 Å². The van der Waals surface area contributed by atoms with Gasteiger partial charge in [0.15, 0.2) is 0 Å². The van der Waals surface area contributed by atoms with Crippen molar-refractivity contribution >= 4 is 0 Å². The molecule has 0 aromatic heterocycles. The van der Waals surface area contributed by atoms with E-state index in [1.807, 2.05) is 0 Å². The van der Waals surface area contributed by atoms with Crippen molar-refractivity contribution in [2.24, 2.45) is 0 Å². The van der Waals surface area contributed by atoms with E-state index < -0.39 is 0 Å². The van der Waals surface area contributed by atoms with Crippen LogP contribution in [-0.2, 0) is 16.4 Å². The Morgan fingerprint density at radius 2 is 0.667 bits per heavy atom. The van der Waals surface area contributed by atoms with Gasteiger partial charge in [0.1, 0.15) is 0 Å². The molecule has 0 aromatic rings. The predicted molar refractivity (Wildman–Crippen MR) is 4.56 cm³/mol. The summed E-state index contributed by atoms with van der Waals surface area (Å²) in [5.74, 6) is 0. The molecule has 0 saturated carbocycles. The molecule has 6 heteroatoms. The molecule has 0 heterocycles. The van der Waals surface area contributed by atoms with E-state index in [1.54, 1.807) is 0 Å². The zero-order valence-electron chi connectivity index (χ0n) is 2.71. The molecule has 0 atom stereocenters. The predicted octanol–water partition coefficient (Wildman–Crippen LogP) is -0.204. The van der Waals surface area contributed by atoms with Crippen LogP contribution in [0.15, 0.2) is 0 Å². The van der Waals surface area contributed by atoms with Crippen molar-refractivity contribution in [3.05, 3.63) is 0 Å². The number of hydrogen-bond acceptors (Lipinski definition) is 0. The molecule has 0 saturated heterocycles. The van der Waals surface area contributed by atoms with Crippen LogP contribution in [0.25, 0.3) is 0 Å². The Kier molecular flexibility index (Phi) is 711. The third-order valence-electron chi connectivity index (χ3n) is 0. The van der Waals surface area contributed by atoms with E-state index in [0.717, 1.165) is 0 Å². The average Bonchev–Trinajstić information content (AvgIpc) is 0. The maximum absolute atomic E-state index is 0. The van der Waals surface area contributed by atoms with Crippen LogP contribution in [0.1, 0.15) is 0 Å². The van der Waals surface area contributed by atoms with Crippen LogP contribution in [0.5, 0.6) is 0 Å². The number of halogens is 1. The van der Waals surface area contributed by atoms with E-state index in [4.69, 9.17) is 0 Å². The summed E-state index contributed by atoms with van der Waals surface area (Å²) in [6.45, 7) is 0. The van der Waals surface area contributed by atoms with Crippen LogP contribution in [0.3, 0.4) is 0 Å². The molecule has 0 N–H and O–H groups in total. The summed E-state index contributed by atoms with van der Waals surface area (Å²) < 4.78 is 0. The summed E-state index contributed by atoms with van der Waals surface area (Å²) in [7, 11) is 0. The molecule has 3 nitrogen and oxygen atoms in total. The Bertz CT molecular complexity index is 10.8. The van der Waals surface area contributed by atoms with Gasteiger partial charge in [-0.15, -0.1) is 0 Å². The van der Waals surface area contributed by atoms with E-state index >= 15 is 0 Å². The summed E-state index contributed by atoms with van der Waals surface area (Å²) in [5.41, 5.74) is 0. The van der Waals surface area contributed by atoms with Crippen molar-refractivity contribution in [3.8, 4) is 0 Å². The molecule has 0 aliphatic rings. The second kappa shape index (κ2) is 53.0. The smallest absolute Gasteiger partial charge is 2.00 e. The largest absolute Gasteiger partial charge is 3.00 e. The van der Waals surface area contributed by atoms with Gasteiger partial charge in [0, 0.05) is 0 Å². The molecule has 33 valence electrons. The van der Waals surface area contributed by atoms with Gasteiger partial charge in [0.2, 0.25) is 0 Å². The Morgan fingerprint density at radius 3 is 0.667 bits per heavy atom. The normalized spacial score (nSPS) is 0. The average molecular weight is 347 g/mol. The molecule has 1 radical (unpaired) electrons. The zero-order valence-corrected chi connectivity index (χ0v) is 9.48. The van der Waals surface area contributed by atoms with Crippen molar-refractivity contribution in [2.75, 3.05) is 0 Å². The molecule has 0 rings (SSSR count). The maximum Gasteiger partial charge on any atom is 3.00 e. The fourth-order valence-corrected chi connectivity index (χ4v) is 0. The molecular formula is HCeFLaO3. The van der Waals surface area contributed by atoms with Gasteiger partial charge in [-0.25, -0.2) is 0 Å². The molecule has 6 heavy (non-hydrogen) atoms. The minimum Gasteiger partial charge on any atom is -2.00 e. The summed E-state index contributed by atoms with van der Waals surface area (Å²) in [6, 6.07) is 0. The number of hydrogen-bond donors (Lipinski definition) is 0. The Labute approximate surface area is 96.5 Å². The first kappa shape index (κ1) is 80.5. The van der Waals surface area contributed by atoms with Gasteiger partial charge in [0.25, 0.3) is 0 Å². The maximum atomic E-state index is 0. The van der Waals surface area contributed by atoms with Crippen LogP contribution in [0.2, 0.25) is 0 Å². The molecule has 0 aliphatic heterocycles. The van der Waals surface area contributed by atoms with Crippen LogP contribution in [0.4, 0.5) is 4.70 Å². The standard InChI is InChI=1S/Ce.FH.La.3O/h;1H;;;;/q+3;;+3;3*-2. The third kappa shape index (κ3) is 32.6. The summed E-state index contributed by atoms with van der Waals surface area (Å²) >= 11 is 0. The Morgan fingerprint density at radius 1 is 0.667 bits per heavy atom. The molecule has 0 fully saturated rings. The topological polar surface area (TPSA) is 85.5 Å². The van der Waals surface area contributed by atoms with Crippen molar-refractivity contribution in [1.82, 2.24) is 0 Å². The molecule has 0 aromatic carbocycles. The van der Waals surface area contributed by atoms with Crippen molar-refractivity contribution < 1.29 is 98.5 Å². The van der Waals surface area contributed by atoms with Crippen molar-refractivity contribution in [1.29, 1.82) is 0 Å². The van der Waals surface area contributed by atoms with E-state index in [-0.39, 0.29) is 98.5 Å². The second-order valence-electron chi connectivity index (χ2n) is 0. The van der Waals surface area contributed by atoms with Crippen LogP contribution < -0.4 is 0 Å². The molecular weight excluding hydrogens is 346 g/mol. The van der Waals surface area contributed by atoms with Crippen LogP contribution in [-0.4, -0.2) is 0 Å². The summed E-state index contributed by atoms with van der Waals surface area (Å²) in [6.07, 6.45) is 0. The van der Waals surface area contributed by atoms with Crippen molar-refractivity contribution in [2.45, 2.75) is 0 Å². The molecule has 0 spiro atoms. The first-order chi connectivity index (χ1) is 0. The zero-order chi connectivity index (χ0) is 0. The van der Waals surface area contributed by atoms with Crippen molar-refractivity contribution in [3.63, 3.8) is 0 Å². The summed E-state index contributed by atoms with van der Waals surface area (Å²) in [4.78, 5) is 0. The van der Waals surface area contributed by atoms with E-state index in [1.165, 1.54) is 0 Å². The minimum atomic E-state index is 0. The van der Waals surface area contributed by atoms with E-state index in [0.29, 0.717) is 0 Å². The van der Waals surface area contributed by atoms with Crippen LogP contribution >= 0.6 is 0 Å². The van der Waals surface area contributed by atoms with Gasteiger partial charge in [0.05, 0.1) is 0 Å². The first-order valence-corrected chi connectivity index (χ1v) is 0. The Hall–Kier alpha value is 2.38. The van der Waals surface area contributed by atoms with E-state index in [9.17, 15) is 0 Å². The minimum absolute atomic E-state index is 0. The molecule has 0 aliphatic carbocycles. The van der Waals surface area contributed by atoms with Gasteiger partial charge >= 0.3 is 77.3 Å². The fraction of sp³-hybridized carbons (Fsp3) is 0. The monoisotopic (exact) mass is 347 g/mol. The third-order valence-corrected chi connectivity index (χ3v) is 0. The number of rotatable bonds is 0. The molecule has 0 bridgehead atoms. The van der Waals surface area contributed by atoms with Gasteiger partial charge in [-0.2, -0.15) is 0 Å². The SMILES string of the molecule is F.[Ce+3].[La+3].[O-2].[O-2].[O-2]. The Balaban J connectivity index is 0. The van der Waals surface area contributed by atoms with Gasteiger partial charge < -0.3 is 16.4 Å². The fourth-order valence-electron chi connectivity index (χ4n) is 0. The first-order valence-electron chi connectivity index (χ1n) is 0.